The van der Waals surface area contributed by atoms with Crippen molar-refractivity contribution in [1.82, 2.24) is 0 Å². The second-order valence-electron chi connectivity index (χ2n) is 5.16. The summed E-state index contributed by atoms with van der Waals surface area (Å²) in [7, 11) is 0. The highest BCUT2D eigenvalue weighted by Gasteiger charge is 2.23. The Hall–Kier alpha value is -1.29. The molecule has 0 aliphatic heterocycles. The fraction of sp³-hybridized carbons (Fsp3) is 0.571. The van der Waals surface area contributed by atoms with E-state index in [-0.39, 0.29) is 10.6 Å². The minimum atomic E-state index is -0.383. The molecule has 0 saturated heterocycles. The van der Waals surface area contributed by atoms with Crippen molar-refractivity contribution in [3.63, 3.8) is 0 Å². The van der Waals surface area contributed by atoms with E-state index < -0.39 is 0 Å². The minimum Gasteiger partial charge on any atom is -0.376 e. The Morgan fingerprint density at radius 1 is 1.37 bits per heavy atom. The van der Waals surface area contributed by atoms with Gasteiger partial charge in [0.15, 0.2) is 0 Å². The van der Waals surface area contributed by atoms with Crippen molar-refractivity contribution in [2.45, 2.75) is 45.1 Å². The number of para-hydroxylation sites is 1. The lowest BCUT2D eigenvalue weighted by Crippen LogP contribution is -2.26. The molecule has 0 radical (unpaired) electrons. The number of halogens is 1. The number of anilines is 1. The highest BCUT2D eigenvalue weighted by atomic mass is 35.5. The molecule has 104 valence electrons. The van der Waals surface area contributed by atoms with Crippen molar-refractivity contribution in [1.29, 1.82) is 0 Å². The minimum absolute atomic E-state index is 0.0603. The Balaban J connectivity index is 2.09. The first-order valence-corrected chi connectivity index (χ1v) is 7.19. The molecule has 1 aliphatic carbocycles. The molecular weight excluding hydrogens is 264 g/mol. The Morgan fingerprint density at radius 2 is 2.05 bits per heavy atom. The molecule has 0 amide bonds. The van der Waals surface area contributed by atoms with Crippen molar-refractivity contribution in [2.24, 2.45) is 5.92 Å². The Kier molecular flexibility index (Phi) is 4.64. The first-order chi connectivity index (χ1) is 9.11. The normalized spacial score (nSPS) is 23.1. The largest absolute Gasteiger partial charge is 0.376 e. The van der Waals surface area contributed by atoms with Crippen molar-refractivity contribution in [2.75, 3.05) is 5.32 Å². The van der Waals surface area contributed by atoms with Gasteiger partial charge in [-0.3, -0.25) is 10.1 Å². The maximum atomic E-state index is 11.0. The highest BCUT2D eigenvalue weighted by Crippen LogP contribution is 2.35. The maximum Gasteiger partial charge on any atom is 0.293 e. The lowest BCUT2D eigenvalue weighted by atomic mass is 9.84. The number of nitrogens with one attached hydrogen (secondary N) is 1. The summed E-state index contributed by atoms with van der Waals surface area (Å²) in [5.74, 6) is 0.805. The molecule has 0 heterocycles. The molecule has 1 saturated carbocycles. The number of nitrogens with zero attached hydrogens (tertiary/aromatic N) is 1. The fourth-order valence-corrected chi connectivity index (χ4v) is 2.95. The number of nitro groups is 1. The monoisotopic (exact) mass is 282 g/mol. The average molecular weight is 283 g/mol. The molecule has 0 spiro atoms. The zero-order valence-corrected chi connectivity index (χ0v) is 11.8. The summed E-state index contributed by atoms with van der Waals surface area (Å²) in [6.07, 6.45) is 5.71. The van der Waals surface area contributed by atoms with Crippen LogP contribution in [0, 0.1) is 16.0 Å². The third kappa shape index (κ3) is 3.38. The van der Waals surface area contributed by atoms with Crippen LogP contribution in [0.4, 0.5) is 11.4 Å². The molecular formula is C14H19ClN2O2. The van der Waals surface area contributed by atoms with Crippen LogP contribution in [-0.4, -0.2) is 11.0 Å². The van der Waals surface area contributed by atoms with Gasteiger partial charge in [0.25, 0.3) is 5.69 Å². The fourth-order valence-electron chi connectivity index (χ4n) is 2.73. The molecule has 1 N–H and O–H groups in total. The van der Waals surface area contributed by atoms with Crippen LogP contribution in [0.25, 0.3) is 0 Å². The highest BCUT2D eigenvalue weighted by molar-refractivity contribution is 6.33. The SMILES string of the molecule is CCC1CCC(Nc2c(Cl)cccc2[N+](=O)[O-])CC1. The number of benzene rings is 1. The van der Waals surface area contributed by atoms with Gasteiger partial charge in [-0.25, -0.2) is 0 Å². The molecule has 5 heteroatoms. The molecule has 2 rings (SSSR count). The molecule has 0 unspecified atom stereocenters. The van der Waals surface area contributed by atoms with E-state index in [0.717, 1.165) is 18.8 Å². The summed E-state index contributed by atoms with van der Waals surface area (Å²) in [5, 5.41) is 14.7. The summed E-state index contributed by atoms with van der Waals surface area (Å²) in [6, 6.07) is 5.08. The second-order valence-corrected chi connectivity index (χ2v) is 5.57. The van der Waals surface area contributed by atoms with Gasteiger partial charge in [-0.2, -0.15) is 0 Å². The smallest absolute Gasteiger partial charge is 0.293 e. The standard InChI is InChI=1S/C14H19ClN2O2/c1-2-10-6-8-11(9-7-10)16-14-12(15)4-3-5-13(14)17(18)19/h3-5,10-11,16H,2,6-9H2,1H3. The summed E-state index contributed by atoms with van der Waals surface area (Å²) in [6.45, 7) is 2.22. The van der Waals surface area contributed by atoms with Crippen molar-refractivity contribution >= 4 is 23.0 Å². The zero-order valence-electron chi connectivity index (χ0n) is 11.1. The van der Waals surface area contributed by atoms with Gasteiger partial charge < -0.3 is 5.32 Å². The molecule has 4 nitrogen and oxygen atoms in total. The lowest BCUT2D eigenvalue weighted by molar-refractivity contribution is -0.384. The van der Waals surface area contributed by atoms with E-state index in [1.807, 2.05) is 0 Å². The molecule has 1 aromatic rings. The predicted molar refractivity (Wildman–Crippen MR) is 77.8 cm³/mol. The van der Waals surface area contributed by atoms with E-state index in [0.29, 0.717) is 16.8 Å². The maximum absolute atomic E-state index is 11.0. The Morgan fingerprint density at radius 3 is 2.63 bits per heavy atom. The van der Waals surface area contributed by atoms with E-state index >= 15 is 0 Å². The molecule has 0 atom stereocenters. The van der Waals surface area contributed by atoms with Gasteiger partial charge in [0.1, 0.15) is 5.69 Å². The van der Waals surface area contributed by atoms with Crippen LogP contribution in [0.5, 0.6) is 0 Å². The topological polar surface area (TPSA) is 55.2 Å². The van der Waals surface area contributed by atoms with Gasteiger partial charge in [-0.05, 0) is 37.7 Å². The van der Waals surface area contributed by atoms with Crippen LogP contribution in [0.1, 0.15) is 39.0 Å². The number of hydrogen-bond donors (Lipinski definition) is 1. The van der Waals surface area contributed by atoms with Gasteiger partial charge >= 0.3 is 0 Å². The molecule has 0 aromatic heterocycles. The van der Waals surface area contributed by atoms with Gasteiger partial charge in [-0.1, -0.05) is 31.0 Å². The molecule has 1 aliphatic rings. The quantitative estimate of drug-likeness (QED) is 0.647. The van der Waals surface area contributed by atoms with Gasteiger partial charge in [0.2, 0.25) is 0 Å². The van der Waals surface area contributed by atoms with Crippen molar-refractivity contribution < 1.29 is 4.92 Å². The molecule has 19 heavy (non-hydrogen) atoms. The second kappa shape index (κ2) is 6.24. The van der Waals surface area contributed by atoms with E-state index in [1.165, 1.54) is 25.3 Å². The molecule has 0 bridgehead atoms. The lowest BCUT2D eigenvalue weighted by Gasteiger charge is -2.29. The van der Waals surface area contributed by atoms with E-state index in [4.69, 9.17) is 11.6 Å². The Bertz CT molecular complexity index is 457. The van der Waals surface area contributed by atoms with Crippen molar-refractivity contribution in [3.05, 3.63) is 33.3 Å². The Labute approximate surface area is 118 Å². The predicted octanol–water partition coefficient (Wildman–Crippen LogP) is 4.63. The van der Waals surface area contributed by atoms with Crippen LogP contribution in [0.3, 0.4) is 0 Å². The van der Waals surface area contributed by atoms with E-state index in [1.54, 1.807) is 12.1 Å². The van der Waals surface area contributed by atoms with Gasteiger partial charge in [-0.15, -0.1) is 0 Å². The van der Waals surface area contributed by atoms with E-state index in [9.17, 15) is 10.1 Å². The first kappa shape index (κ1) is 14.1. The first-order valence-electron chi connectivity index (χ1n) is 6.81. The van der Waals surface area contributed by atoms with Gasteiger partial charge in [0, 0.05) is 12.1 Å². The number of hydrogen-bond acceptors (Lipinski definition) is 3. The van der Waals surface area contributed by atoms with Crippen LogP contribution < -0.4 is 5.32 Å². The summed E-state index contributed by atoms with van der Waals surface area (Å²) in [4.78, 5) is 10.6. The summed E-state index contributed by atoms with van der Waals surface area (Å²) in [5.41, 5.74) is 0.527. The number of nitro benzene ring substituents is 1. The van der Waals surface area contributed by atoms with Crippen molar-refractivity contribution in [3.8, 4) is 0 Å². The van der Waals surface area contributed by atoms with Crippen LogP contribution in [-0.2, 0) is 0 Å². The van der Waals surface area contributed by atoms with Gasteiger partial charge in [0.05, 0.1) is 9.95 Å². The summed E-state index contributed by atoms with van der Waals surface area (Å²) >= 11 is 6.08. The molecule has 1 aromatic carbocycles. The van der Waals surface area contributed by atoms with Crippen LogP contribution in [0.2, 0.25) is 5.02 Å². The van der Waals surface area contributed by atoms with E-state index in [2.05, 4.69) is 12.2 Å². The van der Waals surface area contributed by atoms with Crippen LogP contribution >= 0.6 is 11.6 Å². The summed E-state index contributed by atoms with van der Waals surface area (Å²) < 4.78 is 0. The van der Waals surface area contributed by atoms with Crippen LogP contribution in [0.15, 0.2) is 18.2 Å². The third-order valence-corrected chi connectivity index (χ3v) is 4.28. The number of rotatable bonds is 4. The third-order valence-electron chi connectivity index (χ3n) is 3.96. The zero-order chi connectivity index (χ0) is 13.8. The average Bonchev–Trinajstić information content (AvgIpc) is 2.41. The molecule has 1 fully saturated rings.